The van der Waals surface area contributed by atoms with E-state index in [1.165, 1.54) is 18.2 Å². The number of halogens is 5. The number of alkyl halides is 1. The van der Waals surface area contributed by atoms with Crippen molar-refractivity contribution >= 4 is 34.8 Å². The average molecular weight is 322 g/mol. The largest absolute Gasteiger partial charge is 0.207 e. The predicted octanol–water partition coefficient (Wildman–Crippen LogP) is 5.91. The highest BCUT2D eigenvalue weighted by atomic mass is 35.5. The molecule has 5 heteroatoms. The van der Waals surface area contributed by atoms with Gasteiger partial charge in [-0.15, -0.1) is 11.6 Å². The van der Waals surface area contributed by atoms with Crippen LogP contribution in [0, 0.1) is 18.6 Å². The van der Waals surface area contributed by atoms with Gasteiger partial charge in [0.05, 0.1) is 10.4 Å². The van der Waals surface area contributed by atoms with Crippen LogP contribution in [0.25, 0.3) is 0 Å². The van der Waals surface area contributed by atoms with Gasteiger partial charge in [-0.25, -0.2) is 8.78 Å². The van der Waals surface area contributed by atoms with Crippen molar-refractivity contribution in [2.45, 2.75) is 12.3 Å². The molecule has 0 aliphatic carbocycles. The Morgan fingerprint density at radius 3 is 2.26 bits per heavy atom. The molecule has 0 saturated heterocycles. The summed E-state index contributed by atoms with van der Waals surface area (Å²) >= 11 is 17.9. The third-order valence-corrected chi connectivity index (χ3v) is 3.91. The zero-order valence-corrected chi connectivity index (χ0v) is 12.1. The molecule has 0 amide bonds. The topological polar surface area (TPSA) is 0 Å². The number of rotatable bonds is 2. The smallest absolute Gasteiger partial charge is 0.142 e. The van der Waals surface area contributed by atoms with Crippen LogP contribution in [0.5, 0.6) is 0 Å². The molecule has 0 aliphatic rings. The molecule has 19 heavy (non-hydrogen) atoms. The third-order valence-electron chi connectivity index (χ3n) is 2.79. The van der Waals surface area contributed by atoms with Crippen molar-refractivity contribution < 1.29 is 8.78 Å². The first kappa shape index (κ1) is 14.6. The molecule has 100 valence electrons. The van der Waals surface area contributed by atoms with Crippen LogP contribution in [0.4, 0.5) is 8.78 Å². The van der Waals surface area contributed by atoms with E-state index in [-0.39, 0.29) is 10.0 Å². The van der Waals surface area contributed by atoms with Crippen LogP contribution in [0.15, 0.2) is 30.3 Å². The van der Waals surface area contributed by atoms with Crippen LogP contribution >= 0.6 is 34.8 Å². The molecule has 0 heterocycles. The van der Waals surface area contributed by atoms with Crippen molar-refractivity contribution in [3.8, 4) is 0 Å². The molecule has 0 aromatic heterocycles. The van der Waals surface area contributed by atoms with E-state index in [1.807, 2.05) is 0 Å². The lowest BCUT2D eigenvalue weighted by molar-refractivity contribution is 0.617. The minimum Gasteiger partial charge on any atom is -0.207 e. The SMILES string of the molecule is Cc1cc(C(Cl)c2ccc(Cl)c(F)c2)c(Cl)cc1F. The van der Waals surface area contributed by atoms with Crippen LogP contribution < -0.4 is 0 Å². The second-order valence-electron chi connectivity index (χ2n) is 4.16. The number of hydrogen-bond acceptors (Lipinski definition) is 0. The summed E-state index contributed by atoms with van der Waals surface area (Å²) in [5.74, 6) is -0.959. The van der Waals surface area contributed by atoms with E-state index in [9.17, 15) is 8.78 Å². The molecule has 2 aromatic carbocycles. The normalized spacial score (nSPS) is 12.5. The van der Waals surface area contributed by atoms with E-state index in [1.54, 1.807) is 19.1 Å². The maximum Gasteiger partial charge on any atom is 0.142 e. The maximum atomic E-state index is 13.4. The molecule has 0 nitrogen and oxygen atoms in total. The molecule has 0 spiro atoms. The summed E-state index contributed by atoms with van der Waals surface area (Å²) in [5.41, 5.74) is 1.47. The summed E-state index contributed by atoms with van der Waals surface area (Å²) in [7, 11) is 0. The van der Waals surface area contributed by atoms with Crippen LogP contribution in [-0.4, -0.2) is 0 Å². The molecular weight excluding hydrogens is 313 g/mol. The molecule has 0 N–H and O–H groups in total. The summed E-state index contributed by atoms with van der Waals surface area (Å²) in [6.45, 7) is 1.61. The molecule has 1 unspecified atom stereocenters. The predicted molar refractivity (Wildman–Crippen MR) is 75.3 cm³/mol. The van der Waals surface area contributed by atoms with Crippen molar-refractivity contribution in [3.05, 3.63) is 68.7 Å². The van der Waals surface area contributed by atoms with Crippen molar-refractivity contribution in [2.75, 3.05) is 0 Å². The van der Waals surface area contributed by atoms with E-state index in [0.29, 0.717) is 16.7 Å². The lowest BCUT2D eigenvalue weighted by Crippen LogP contribution is -1.98. The van der Waals surface area contributed by atoms with E-state index >= 15 is 0 Å². The lowest BCUT2D eigenvalue weighted by atomic mass is 10.0. The van der Waals surface area contributed by atoms with Gasteiger partial charge >= 0.3 is 0 Å². The zero-order chi connectivity index (χ0) is 14.2. The minimum atomic E-state index is -0.668. The molecule has 1 atom stereocenters. The first-order valence-corrected chi connectivity index (χ1v) is 6.64. The second kappa shape index (κ2) is 5.66. The third kappa shape index (κ3) is 3.02. The first-order chi connectivity index (χ1) is 8.90. The van der Waals surface area contributed by atoms with Gasteiger partial charge in [-0.3, -0.25) is 0 Å². The highest BCUT2D eigenvalue weighted by molar-refractivity contribution is 6.33. The molecule has 0 radical (unpaired) electrons. The summed E-state index contributed by atoms with van der Waals surface area (Å²) in [5, 5.41) is -0.439. The quantitative estimate of drug-likeness (QED) is 0.603. The van der Waals surface area contributed by atoms with Gasteiger partial charge in [-0.1, -0.05) is 29.3 Å². The molecule has 0 bridgehead atoms. The Balaban J connectivity index is 2.46. The van der Waals surface area contributed by atoms with Gasteiger partial charge in [-0.05, 0) is 47.9 Å². The fraction of sp³-hybridized carbons (Fsp3) is 0.143. The van der Waals surface area contributed by atoms with Gasteiger partial charge in [-0.2, -0.15) is 0 Å². The average Bonchev–Trinajstić information content (AvgIpc) is 2.36. The molecule has 2 rings (SSSR count). The number of aryl methyl sites for hydroxylation is 1. The van der Waals surface area contributed by atoms with Gasteiger partial charge in [0, 0.05) is 5.02 Å². The van der Waals surface area contributed by atoms with Gasteiger partial charge in [0.2, 0.25) is 0 Å². The number of benzene rings is 2. The van der Waals surface area contributed by atoms with Crippen molar-refractivity contribution in [3.63, 3.8) is 0 Å². The van der Waals surface area contributed by atoms with Crippen molar-refractivity contribution in [1.29, 1.82) is 0 Å². The monoisotopic (exact) mass is 320 g/mol. The summed E-state index contributed by atoms with van der Waals surface area (Å²) in [6, 6.07) is 7.04. The van der Waals surface area contributed by atoms with E-state index in [4.69, 9.17) is 34.8 Å². The lowest BCUT2D eigenvalue weighted by Gasteiger charge is -2.14. The fourth-order valence-electron chi connectivity index (χ4n) is 1.72. The highest BCUT2D eigenvalue weighted by Crippen LogP contribution is 2.35. The summed E-state index contributed by atoms with van der Waals surface area (Å²) < 4.78 is 26.8. The van der Waals surface area contributed by atoms with E-state index in [2.05, 4.69) is 0 Å². The Bertz CT molecular complexity index is 626. The van der Waals surface area contributed by atoms with Crippen molar-refractivity contribution in [1.82, 2.24) is 0 Å². The first-order valence-electron chi connectivity index (χ1n) is 5.44. The summed E-state index contributed by atoms with van der Waals surface area (Å²) in [4.78, 5) is 0. The van der Waals surface area contributed by atoms with Crippen molar-refractivity contribution in [2.24, 2.45) is 0 Å². The Labute approximate surface area is 124 Å². The van der Waals surface area contributed by atoms with Gasteiger partial charge < -0.3 is 0 Å². The van der Waals surface area contributed by atoms with Gasteiger partial charge in [0.1, 0.15) is 11.6 Å². The fourth-order valence-corrected chi connectivity index (χ4v) is 2.47. The van der Waals surface area contributed by atoms with E-state index < -0.39 is 17.0 Å². The Morgan fingerprint density at radius 1 is 0.947 bits per heavy atom. The summed E-state index contributed by atoms with van der Waals surface area (Å²) in [6.07, 6.45) is 0. The Kier molecular flexibility index (Phi) is 4.34. The van der Waals surface area contributed by atoms with Gasteiger partial charge in [0.25, 0.3) is 0 Å². The standard InChI is InChI=1S/C14H9Cl3F2/c1-7-4-9(11(16)6-12(7)18)14(17)8-2-3-10(15)13(19)5-8/h2-6,14H,1H3. The zero-order valence-electron chi connectivity index (χ0n) is 9.85. The van der Waals surface area contributed by atoms with E-state index in [0.717, 1.165) is 0 Å². The molecular formula is C14H9Cl3F2. The Morgan fingerprint density at radius 2 is 1.63 bits per heavy atom. The second-order valence-corrected chi connectivity index (χ2v) is 5.41. The Hall–Kier alpha value is -0.830. The van der Waals surface area contributed by atoms with Gasteiger partial charge in [0.15, 0.2) is 0 Å². The van der Waals surface area contributed by atoms with Crippen LogP contribution in [0.3, 0.4) is 0 Å². The highest BCUT2D eigenvalue weighted by Gasteiger charge is 2.17. The number of hydrogen-bond donors (Lipinski definition) is 0. The molecule has 2 aromatic rings. The van der Waals surface area contributed by atoms with Crippen LogP contribution in [0.1, 0.15) is 22.1 Å². The molecule has 0 saturated carbocycles. The minimum absolute atomic E-state index is 0.0222. The maximum absolute atomic E-state index is 13.4. The van der Waals surface area contributed by atoms with Crippen LogP contribution in [-0.2, 0) is 0 Å². The molecule has 0 aliphatic heterocycles. The van der Waals surface area contributed by atoms with Crippen LogP contribution in [0.2, 0.25) is 10.0 Å². The molecule has 0 fully saturated rings.